The summed E-state index contributed by atoms with van der Waals surface area (Å²) in [6.07, 6.45) is 2.85. The lowest BCUT2D eigenvalue weighted by Crippen LogP contribution is -2.21. The summed E-state index contributed by atoms with van der Waals surface area (Å²) in [5.74, 6) is -0.411. The van der Waals surface area contributed by atoms with Gasteiger partial charge in [0, 0.05) is 18.0 Å². The maximum Gasteiger partial charge on any atom is 0.261 e. The van der Waals surface area contributed by atoms with Crippen LogP contribution in [0.5, 0.6) is 0 Å². The topological polar surface area (TPSA) is 103 Å². The maximum atomic E-state index is 12.7. The number of anilines is 3. The second-order valence-electron chi connectivity index (χ2n) is 6.02. The molecule has 0 radical (unpaired) electrons. The number of para-hydroxylation sites is 1. The molecule has 0 aliphatic heterocycles. The average Bonchev–Trinajstić information content (AvgIpc) is 3.15. The Kier molecular flexibility index (Phi) is 5.69. The monoisotopic (exact) mass is 460 g/mol. The zero-order chi connectivity index (χ0) is 21.3. The van der Waals surface area contributed by atoms with Crippen molar-refractivity contribution < 1.29 is 13.6 Å². The molecule has 8 nitrogen and oxygen atoms in total. The molecular formula is C19H12Cl2N5O3S-. The van der Waals surface area contributed by atoms with Gasteiger partial charge in [0.2, 0.25) is 0 Å². The van der Waals surface area contributed by atoms with Crippen LogP contribution in [0.2, 0.25) is 10.0 Å². The molecule has 1 N–H and O–H groups in total. The molecule has 4 aromatic rings. The van der Waals surface area contributed by atoms with Crippen LogP contribution >= 0.6 is 23.2 Å². The van der Waals surface area contributed by atoms with Gasteiger partial charge in [-0.3, -0.25) is 13.3 Å². The Morgan fingerprint density at radius 2 is 1.87 bits per heavy atom. The molecule has 2 aromatic carbocycles. The number of nitrogens with zero attached hydrogens (tertiary/aromatic N) is 4. The molecule has 11 heteroatoms. The lowest BCUT2D eigenvalue weighted by Gasteiger charge is -2.26. The van der Waals surface area contributed by atoms with E-state index in [9.17, 15) is 13.6 Å². The zero-order valence-corrected chi connectivity index (χ0v) is 17.4. The first-order valence-electron chi connectivity index (χ1n) is 8.50. The number of carbonyl (C=O) groups is 1. The molecule has 0 saturated carbocycles. The summed E-state index contributed by atoms with van der Waals surface area (Å²) in [6, 6.07) is 14.9. The number of aromatic nitrogens is 3. The van der Waals surface area contributed by atoms with Crippen LogP contribution in [-0.2, 0) is 11.3 Å². The van der Waals surface area contributed by atoms with E-state index in [1.165, 1.54) is 29.0 Å². The van der Waals surface area contributed by atoms with E-state index in [2.05, 4.69) is 15.4 Å². The fourth-order valence-electron chi connectivity index (χ4n) is 2.78. The second-order valence-corrected chi connectivity index (χ2v) is 7.60. The molecule has 1 unspecified atom stereocenters. The van der Waals surface area contributed by atoms with Crippen molar-refractivity contribution in [3.8, 4) is 0 Å². The maximum absolute atomic E-state index is 12.7. The Balaban J connectivity index is 1.77. The minimum absolute atomic E-state index is 0.0225. The highest BCUT2D eigenvalue weighted by atomic mass is 35.5. The van der Waals surface area contributed by atoms with E-state index in [0.717, 1.165) is 4.31 Å². The van der Waals surface area contributed by atoms with Crippen molar-refractivity contribution in [2.75, 3.05) is 9.62 Å². The van der Waals surface area contributed by atoms with Crippen LogP contribution < -0.4 is 9.62 Å². The summed E-state index contributed by atoms with van der Waals surface area (Å²) in [6.45, 7) is 0. The smallest absolute Gasteiger partial charge is 0.261 e. The van der Waals surface area contributed by atoms with E-state index >= 15 is 0 Å². The van der Waals surface area contributed by atoms with Crippen LogP contribution in [0.25, 0.3) is 5.65 Å². The van der Waals surface area contributed by atoms with Crippen LogP contribution in [0.4, 0.5) is 17.2 Å². The van der Waals surface area contributed by atoms with Gasteiger partial charge in [-0.1, -0.05) is 47.5 Å². The highest BCUT2D eigenvalue weighted by Gasteiger charge is 2.20. The average molecular weight is 461 g/mol. The highest BCUT2D eigenvalue weighted by molar-refractivity contribution is 7.81. The number of hydrogen-bond acceptors (Lipinski definition) is 5. The normalized spacial score (nSPS) is 12.0. The Labute approximate surface area is 183 Å². The van der Waals surface area contributed by atoms with E-state index in [1.54, 1.807) is 36.4 Å². The number of amides is 1. The van der Waals surface area contributed by atoms with Gasteiger partial charge >= 0.3 is 0 Å². The number of benzene rings is 2. The first kappa shape index (κ1) is 20.3. The van der Waals surface area contributed by atoms with Gasteiger partial charge in [-0.25, -0.2) is 9.50 Å². The molecule has 1 atom stereocenters. The van der Waals surface area contributed by atoms with Crippen molar-refractivity contribution in [2.45, 2.75) is 0 Å². The molecule has 2 aromatic heterocycles. The summed E-state index contributed by atoms with van der Waals surface area (Å²) in [7, 11) is 0. The van der Waals surface area contributed by atoms with Crippen molar-refractivity contribution in [1.82, 2.24) is 14.6 Å². The van der Waals surface area contributed by atoms with Gasteiger partial charge in [-0.15, -0.1) is 0 Å². The Morgan fingerprint density at radius 1 is 1.10 bits per heavy atom. The van der Waals surface area contributed by atoms with Gasteiger partial charge in [0.15, 0.2) is 5.65 Å². The first-order chi connectivity index (χ1) is 14.5. The first-order valence-corrected chi connectivity index (χ1v) is 10.3. The molecular weight excluding hydrogens is 449 g/mol. The summed E-state index contributed by atoms with van der Waals surface area (Å²) in [4.78, 5) is 17.0. The summed E-state index contributed by atoms with van der Waals surface area (Å²) >= 11 is 9.46. The fourth-order valence-corrected chi connectivity index (χ4v) is 3.78. The standard InChI is InChI=1S/C19H13Cl2N5O3S/c20-14-7-4-8-15(17(14)21)26(30(28)29)16-9-10-25-18(24-16)13(11-22-25)19(27)23-12-5-2-1-3-6-12/h1-11H,(H,23,27)(H,28,29)/p-1. The molecule has 30 heavy (non-hydrogen) atoms. The van der Waals surface area contributed by atoms with E-state index < -0.39 is 17.2 Å². The Hall–Kier alpha value is -2.98. The van der Waals surface area contributed by atoms with Crippen LogP contribution in [0.15, 0.2) is 67.0 Å². The molecule has 2 heterocycles. The number of halogens is 2. The van der Waals surface area contributed by atoms with Gasteiger partial charge < -0.3 is 9.87 Å². The zero-order valence-electron chi connectivity index (χ0n) is 15.0. The third-order valence-electron chi connectivity index (χ3n) is 4.14. The highest BCUT2D eigenvalue weighted by Crippen LogP contribution is 2.36. The summed E-state index contributed by atoms with van der Waals surface area (Å²) < 4.78 is 26.2. The number of nitrogens with one attached hydrogen (secondary N) is 1. The van der Waals surface area contributed by atoms with Gasteiger partial charge in [0.25, 0.3) is 5.91 Å². The SMILES string of the molecule is O=C(Nc1ccccc1)c1cnn2ccc(N(c3cccc(Cl)c3Cl)S(=O)[O-])nc12. The Bertz CT molecular complexity index is 1270. The second kappa shape index (κ2) is 8.41. The van der Waals surface area contributed by atoms with E-state index in [1.807, 2.05) is 6.07 Å². The third kappa shape index (κ3) is 3.88. The van der Waals surface area contributed by atoms with E-state index in [0.29, 0.717) is 5.69 Å². The molecule has 1 amide bonds. The molecule has 152 valence electrons. The fraction of sp³-hybridized carbons (Fsp3) is 0. The van der Waals surface area contributed by atoms with Crippen LogP contribution in [-0.4, -0.2) is 29.3 Å². The molecule has 4 rings (SSSR count). The predicted molar refractivity (Wildman–Crippen MR) is 115 cm³/mol. The van der Waals surface area contributed by atoms with Crippen molar-refractivity contribution >= 4 is 63.2 Å². The van der Waals surface area contributed by atoms with Gasteiger partial charge in [-0.05, 0) is 24.3 Å². The quantitative estimate of drug-likeness (QED) is 0.449. The lowest BCUT2D eigenvalue weighted by molar-refractivity contribution is 0.102. The van der Waals surface area contributed by atoms with Gasteiger partial charge in [0.1, 0.15) is 11.4 Å². The minimum Gasteiger partial charge on any atom is -0.755 e. The van der Waals surface area contributed by atoms with Crippen molar-refractivity contribution in [1.29, 1.82) is 0 Å². The lowest BCUT2D eigenvalue weighted by atomic mass is 10.2. The molecule has 0 saturated heterocycles. The molecule has 0 bridgehead atoms. The summed E-state index contributed by atoms with van der Waals surface area (Å²) in [5, 5.41) is 7.10. The number of hydrogen-bond donors (Lipinski definition) is 1. The van der Waals surface area contributed by atoms with Gasteiger partial charge in [-0.2, -0.15) is 5.10 Å². The minimum atomic E-state index is -2.76. The van der Waals surface area contributed by atoms with Crippen molar-refractivity contribution in [3.63, 3.8) is 0 Å². The van der Waals surface area contributed by atoms with Crippen molar-refractivity contribution in [3.05, 3.63) is 82.6 Å². The van der Waals surface area contributed by atoms with E-state index in [-0.39, 0.29) is 32.8 Å². The number of fused-ring (bicyclic) bond motifs is 1. The van der Waals surface area contributed by atoms with Crippen LogP contribution in [0.1, 0.15) is 10.4 Å². The molecule has 0 aliphatic carbocycles. The Morgan fingerprint density at radius 3 is 2.60 bits per heavy atom. The predicted octanol–water partition coefficient (Wildman–Crippen LogP) is 4.22. The van der Waals surface area contributed by atoms with Crippen LogP contribution in [0, 0.1) is 0 Å². The summed E-state index contributed by atoms with van der Waals surface area (Å²) in [5.41, 5.74) is 1.08. The van der Waals surface area contributed by atoms with Crippen molar-refractivity contribution in [2.24, 2.45) is 0 Å². The molecule has 0 spiro atoms. The van der Waals surface area contributed by atoms with Crippen LogP contribution in [0.3, 0.4) is 0 Å². The van der Waals surface area contributed by atoms with Gasteiger partial charge in [0.05, 0.1) is 33.2 Å². The van der Waals surface area contributed by atoms with E-state index in [4.69, 9.17) is 23.2 Å². The number of carbonyl (C=O) groups excluding carboxylic acids is 1. The molecule has 0 aliphatic rings. The third-order valence-corrected chi connectivity index (χ3v) is 5.63. The largest absolute Gasteiger partial charge is 0.755 e. The molecule has 0 fully saturated rings. The number of rotatable bonds is 5.